The topological polar surface area (TPSA) is 29.1 Å². The van der Waals surface area contributed by atoms with Crippen LogP contribution in [-0.2, 0) is 4.79 Å². The Kier molecular flexibility index (Phi) is 2.07. The Balaban J connectivity index is 1.75. The van der Waals surface area contributed by atoms with E-state index in [9.17, 15) is 4.79 Å². The highest BCUT2D eigenvalue weighted by Crippen LogP contribution is 2.60. The molecule has 3 heteroatoms. The quantitative estimate of drug-likeness (QED) is 0.634. The molecule has 0 aromatic rings. The number of rotatable bonds is 4. The highest BCUT2D eigenvalue weighted by atomic mass is 32.1. The summed E-state index contributed by atoms with van der Waals surface area (Å²) in [6.45, 7) is 0.900. The summed E-state index contributed by atoms with van der Waals surface area (Å²) in [4.78, 5) is 10.9. The lowest BCUT2D eigenvalue weighted by atomic mass is 10.0. The first-order chi connectivity index (χ1) is 5.77. The Morgan fingerprint density at radius 1 is 1.50 bits per heavy atom. The Morgan fingerprint density at radius 3 is 2.58 bits per heavy atom. The molecular formula is C9H15NOS. The molecule has 0 aromatic heterocycles. The fourth-order valence-corrected chi connectivity index (χ4v) is 2.03. The van der Waals surface area contributed by atoms with Crippen molar-refractivity contribution < 1.29 is 4.79 Å². The average Bonchev–Trinajstić information content (AvgIpc) is 2.88. The monoisotopic (exact) mass is 185 g/mol. The summed E-state index contributed by atoms with van der Waals surface area (Å²) in [6, 6.07) is 0. The first-order valence-corrected chi connectivity index (χ1v) is 5.28. The van der Waals surface area contributed by atoms with Crippen molar-refractivity contribution in [3.8, 4) is 0 Å². The molecular weight excluding hydrogens is 170 g/mol. The molecule has 2 saturated carbocycles. The number of amides is 1. The maximum Gasteiger partial charge on any atom is 0.229 e. The minimum atomic E-state index is 0.0743. The van der Waals surface area contributed by atoms with E-state index in [0.29, 0.717) is 11.2 Å². The zero-order valence-electron chi connectivity index (χ0n) is 7.18. The van der Waals surface area contributed by atoms with Gasteiger partial charge in [-0.3, -0.25) is 4.79 Å². The maximum atomic E-state index is 10.9. The highest BCUT2D eigenvalue weighted by molar-refractivity contribution is 7.81. The molecule has 68 valence electrons. The molecule has 2 aliphatic rings. The van der Waals surface area contributed by atoms with Crippen LogP contribution in [0.5, 0.6) is 0 Å². The van der Waals surface area contributed by atoms with Gasteiger partial charge in [-0.1, -0.05) is 0 Å². The molecule has 2 nitrogen and oxygen atoms in total. The Labute approximate surface area is 78.5 Å². The number of carbonyl (C=O) groups is 1. The normalized spacial score (nSPS) is 25.1. The van der Waals surface area contributed by atoms with Crippen LogP contribution in [0.2, 0.25) is 0 Å². The van der Waals surface area contributed by atoms with Crippen molar-refractivity contribution >= 4 is 18.5 Å². The van der Waals surface area contributed by atoms with Crippen LogP contribution in [0.25, 0.3) is 0 Å². The van der Waals surface area contributed by atoms with Gasteiger partial charge < -0.3 is 5.32 Å². The predicted molar refractivity (Wildman–Crippen MR) is 51.3 cm³/mol. The number of hydrogen-bond donors (Lipinski definition) is 2. The van der Waals surface area contributed by atoms with Crippen molar-refractivity contribution in [2.24, 2.45) is 11.3 Å². The molecule has 2 fully saturated rings. The maximum absolute atomic E-state index is 10.9. The number of hydrogen-bond acceptors (Lipinski definition) is 2. The smallest absolute Gasteiger partial charge is 0.229 e. The van der Waals surface area contributed by atoms with Crippen LogP contribution in [0.4, 0.5) is 0 Å². The van der Waals surface area contributed by atoms with Gasteiger partial charge in [0.25, 0.3) is 0 Å². The van der Waals surface area contributed by atoms with E-state index >= 15 is 0 Å². The van der Waals surface area contributed by atoms with Crippen LogP contribution < -0.4 is 5.32 Å². The number of thiol groups is 1. The number of nitrogens with one attached hydrogen (secondary N) is 1. The van der Waals surface area contributed by atoms with Crippen molar-refractivity contribution in [1.82, 2.24) is 5.32 Å². The summed E-state index contributed by atoms with van der Waals surface area (Å²) in [6.07, 6.45) is 5.42. The zero-order valence-corrected chi connectivity index (χ0v) is 8.07. The Morgan fingerprint density at radius 2 is 2.17 bits per heavy atom. The van der Waals surface area contributed by atoms with Gasteiger partial charge >= 0.3 is 0 Å². The van der Waals surface area contributed by atoms with Gasteiger partial charge in [-0.2, -0.15) is 12.6 Å². The lowest BCUT2D eigenvalue weighted by molar-refractivity contribution is -0.118. The van der Waals surface area contributed by atoms with Crippen LogP contribution in [0, 0.1) is 11.3 Å². The van der Waals surface area contributed by atoms with Crippen LogP contribution in [0.1, 0.15) is 25.7 Å². The van der Waals surface area contributed by atoms with E-state index in [0.717, 1.165) is 12.5 Å². The third-order valence-electron chi connectivity index (χ3n) is 3.12. The molecule has 1 amide bonds. The lowest BCUT2D eigenvalue weighted by Gasteiger charge is -2.13. The number of carbonyl (C=O) groups excluding carboxylic acids is 1. The second kappa shape index (κ2) is 2.95. The molecule has 12 heavy (non-hydrogen) atoms. The minimum absolute atomic E-state index is 0.0743. The fraction of sp³-hybridized carbons (Fsp3) is 0.889. The van der Waals surface area contributed by atoms with Gasteiger partial charge in [0, 0.05) is 6.54 Å². The van der Waals surface area contributed by atoms with E-state index in [1.165, 1.54) is 25.7 Å². The molecule has 0 aliphatic heterocycles. The van der Waals surface area contributed by atoms with Gasteiger partial charge in [-0.05, 0) is 37.0 Å². The predicted octanol–water partition coefficient (Wildman–Crippen LogP) is 1.22. The van der Waals surface area contributed by atoms with Gasteiger partial charge in [0.05, 0.1) is 5.75 Å². The summed E-state index contributed by atoms with van der Waals surface area (Å²) in [5, 5.41) is 2.94. The van der Waals surface area contributed by atoms with Crippen LogP contribution >= 0.6 is 12.6 Å². The largest absolute Gasteiger partial charge is 0.355 e. The van der Waals surface area contributed by atoms with E-state index in [2.05, 4.69) is 17.9 Å². The van der Waals surface area contributed by atoms with E-state index < -0.39 is 0 Å². The summed E-state index contributed by atoms with van der Waals surface area (Å²) < 4.78 is 0. The standard InChI is InChI=1S/C9H15NOS/c11-8(5-12)10-6-9(3-4-9)7-1-2-7/h7,12H,1-6H2,(H,10,11). The Hall–Kier alpha value is -0.180. The molecule has 0 aromatic carbocycles. The molecule has 1 N–H and O–H groups in total. The zero-order chi connectivity index (χ0) is 8.60. The lowest BCUT2D eigenvalue weighted by Crippen LogP contribution is -2.31. The third kappa shape index (κ3) is 1.60. The second-order valence-corrected chi connectivity index (χ2v) is 4.39. The molecule has 0 radical (unpaired) electrons. The van der Waals surface area contributed by atoms with Gasteiger partial charge in [0.15, 0.2) is 0 Å². The first kappa shape index (κ1) is 8.42. The van der Waals surface area contributed by atoms with E-state index in [1.807, 2.05) is 0 Å². The molecule has 2 rings (SSSR count). The molecule has 0 heterocycles. The van der Waals surface area contributed by atoms with Crippen LogP contribution in [0.3, 0.4) is 0 Å². The molecule has 2 aliphatic carbocycles. The molecule has 0 bridgehead atoms. The fourth-order valence-electron chi connectivity index (χ4n) is 1.92. The third-order valence-corrected chi connectivity index (χ3v) is 3.40. The SMILES string of the molecule is O=C(CS)NCC1(C2CC2)CC1. The summed E-state index contributed by atoms with van der Waals surface area (Å²) in [7, 11) is 0. The highest BCUT2D eigenvalue weighted by Gasteiger charge is 2.53. The van der Waals surface area contributed by atoms with Gasteiger partial charge in [-0.25, -0.2) is 0 Å². The van der Waals surface area contributed by atoms with Gasteiger partial charge in [0.1, 0.15) is 0 Å². The molecule has 0 spiro atoms. The Bertz CT molecular complexity index is 197. The van der Waals surface area contributed by atoms with Crippen molar-refractivity contribution in [1.29, 1.82) is 0 Å². The summed E-state index contributed by atoms with van der Waals surface area (Å²) >= 11 is 3.92. The second-order valence-electron chi connectivity index (χ2n) is 4.07. The summed E-state index contributed by atoms with van der Waals surface area (Å²) in [5.41, 5.74) is 0.526. The van der Waals surface area contributed by atoms with Crippen molar-refractivity contribution in [3.05, 3.63) is 0 Å². The van der Waals surface area contributed by atoms with Crippen LogP contribution in [-0.4, -0.2) is 18.2 Å². The van der Waals surface area contributed by atoms with Crippen molar-refractivity contribution in [2.45, 2.75) is 25.7 Å². The van der Waals surface area contributed by atoms with Crippen LogP contribution in [0.15, 0.2) is 0 Å². The molecule has 0 saturated heterocycles. The van der Waals surface area contributed by atoms with Gasteiger partial charge in [-0.15, -0.1) is 0 Å². The minimum Gasteiger partial charge on any atom is -0.355 e. The van der Waals surface area contributed by atoms with Crippen molar-refractivity contribution in [2.75, 3.05) is 12.3 Å². The van der Waals surface area contributed by atoms with E-state index in [-0.39, 0.29) is 5.91 Å². The molecule has 0 atom stereocenters. The van der Waals surface area contributed by atoms with E-state index in [1.54, 1.807) is 0 Å². The van der Waals surface area contributed by atoms with Crippen molar-refractivity contribution in [3.63, 3.8) is 0 Å². The first-order valence-electron chi connectivity index (χ1n) is 4.64. The van der Waals surface area contributed by atoms with Gasteiger partial charge in [0.2, 0.25) is 5.91 Å². The van der Waals surface area contributed by atoms with E-state index in [4.69, 9.17) is 0 Å². The summed E-state index contributed by atoms with van der Waals surface area (Å²) in [5.74, 6) is 1.32. The average molecular weight is 185 g/mol. The molecule has 0 unspecified atom stereocenters.